The van der Waals surface area contributed by atoms with E-state index in [0.717, 1.165) is 6.07 Å². The van der Waals surface area contributed by atoms with Gasteiger partial charge >= 0.3 is 18.5 Å². The number of halogens is 8. The van der Waals surface area contributed by atoms with Gasteiger partial charge in [0.05, 0.1) is 5.56 Å². The van der Waals surface area contributed by atoms with E-state index in [1.54, 1.807) is 0 Å². The molecule has 0 fully saturated rings. The maximum Gasteiger partial charge on any atom is 0.416 e. The molecule has 0 N–H and O–H groups in total. The molecule has 9 heteroatoms. The van der Waals surface area contributed by atoms with Crippen molar-refractivity contribution in [2.45, 2.75) is 25.4 Å². The summed E-state index contributed by atoms with van der Waals surface area (Å²) in [6.07, 6.45) is -14.7. The minimum absolute atomic E-state index is 0.174. The molecular formula is C11H8F8O. The largest absolute Gasteiger partial charge is 0.432 e. The summed E-state index contributed by atoms with van der Waals surface area (Å²) in [6, 6.07) is 2.26. The number of benzene rings is 1. The summed E-state index contributed by atoms with van der Waals surface area (Å²) < 4.78 is 104. The van der Waals surface area contributed by atoms with E-state index in [0.29, 0.717) is 12.1 Å². The second-order valence-electron chi connectivity index (χ2n) is 3.95. The first kappa shape index (κ1) is 16.5. The molecule has 1 aromatic carbocycles. The second-order valence-corrected chi connectivity index (χ2v) is 3.95. The summed E-state index contributed by atoms with van der Waals surface area (Å²) >= 11 is 0. The Labute approximate surface area is 108 Å². The molecule has 0 radical (unpaired) electrons. The molecule has 0 aliphatic heterocycles. The molecule has 0 amide bonds. The van der Waals surface area contributed by atoms with Crippen LogP contribution in [0.5, 0.6) is 5.75 Å². The van der Waals surface area contributed by atoms with E-state index in [2.05, 4.69) is 4.74 Å². The van der Waals surface area contributed by atoms with Crippen molar-refractivity contribution in [1.29, 1.82) is 0 Å². The van der Waals surface area contributed by atoms with Crippen LogP contribution in [0.1, 0.15) is 12.5 Å². The van der Waals surface area contributed by atoms with Gasteiger partial charge in [0.25, 0.3) is 0 Å². The van der Waals surface area contributed by atoms with Crippen molar-refractivity contribution in [1.82, 2.24) is 0 Å². The van der Waals surface area contributed by atoms with E-state index in [4.69, 9.17) is 0 Å². The lowest BCUT2D eigenvalue weighted by molar-refractivity contribution is -0.298. The number of hydrogen-bond donors (Lipinski definition) is 0. The number of rotatable bonds is 3. The Kier molecular flexibility index (Phi) is 4.21. The minimum atomic E-state index is -5.24. The summed E-state index contributed by atoms with van der Waals surface area (Å²) in [4.78, 5) is 0. The Morgan fingerprint density at radius 1 is 0.950 bits per heavy atom. The smallest absolute Gasteiger partial charge is 0.416 e. The molecule has 1 nitrogen and oxygen atoms in total. The molecule has 0 aliphatic rings. The van der Waals surface area contributed by atoms with E-state index < -0.39 is 35.7 Å². The monoisotopic (exact) mass is 308 g/mol. The van der Waals surface area contributed by atoms with Gasteiger partial charge < -0.3 is 4.74 Å². The van der Waals surface area contributed by atoms with E-state index in [-0.39, 0.29) is 13.0 Å². The highest BCUT2D eigenvalue weighted by Gasteiger charge is 2.55. The number of hydrogen-bond acceptors (Lipinski definition) is 1. The highest BCUT2D eigenvalue weighted by atomic mass is 19.4. The molecule has 0 saturated heterocycles. The molecule has 1 atom stereocenters. The van der Waals surface area contributed by atoms with Crippen LogP contribution in [0.2, 0.25) is 0 Å². The lowest BCUT2D eigenvalue weighted by Gasteiger charge is -2.26. The molecular weight excluding hydrogens is 300 g/mol. The Bertz CT molecular complexity index is 462. The van der Waals surface area contributed by atoms with Crippen molar-refractivity contribution < 1.29 is 39.9 Å². The van der Waals surface area contributed by atoms with Crippen molar-refractivity contribution in [2.75, 3.05) is 0 Å². The summed E-state index contributed by atoms with van der Waals surface area (Å²) in [7, 11) is 0. The van der Waals surface area contributed by atoms with E-state index in [1.807, 2.05) is 0 Å². The van der Waals surface area contributed by atoms with Gasteiger partial charge in [0, 0.05) is 0 Å². The Balaban J connectivity index is 2.99. The van der Waals surface area contributed by atoms with Crippen LogP contribution in [0.4, 0.5) is 35.1 Å². The van der Waals surface area contributed by atoms with Gasteiger partial charge in [-0.05, 0) is 25.1 Å². The van der Waals surface area contributed by atoms with Crippen LogP contribution < -0.4 is 4.74 Å². The molecule has 0 aliphatic carbocycles. The van der Waals surface area contributed by atoms with Crippen LogP contribution in [-0.4, -0.2) is 12.3 Å². The third-order valence-corrected chi connectivity index (χ3v) is 2.41. The molecule has 1 rings (SSSR count). The van der Waals surface area contributed by atoms with Crippen molar-refractivity contribution in [3.8, 4) is 5.75 Å². The van der Waals surface area contributed by atoms with Crippen LogP contribution in [0, 0.1) is 5.92 Å². The highest BCUT2D eigenvalue weighted by Crippen LogP contribution is 2.40. The molecule has 0 heterocycles. The highest BCUT2D eigenvalue weighted by molar-refractivity contribution is 5.30. The maximum absolute atomic E-state index is 13.2. The lowest BCUT2D eigenvalue weighted by Crippen LogP contribution is -2.41. The van der Waals surface area contributed by atoms with Gasteiger partial charge in [0.1, 0.15) is 5.75 Å². The zero-order valence-corrected chi connectivity index (χ0v) is 9.82. The van der Waals surface area contributed by atoms with Crippen LogP contribution in [0.25, 0.3) is 0 Å². The second kappa shape index (κ2) is 5.10. The number of alkyl halides is 8. The van der Waals surface area contributed by atoms with Crippen molar-refractivity contribution >= 4 is 0 Å². The molecule has 0 spiro atoms. The van der Waals surface area contributed by atoms with Crippen LogP contribution >= 0.6 is 0 Å². The average molecular weight is 308 g/mol. The molecule has 1 unspecified atom stereocenters. The van der Waals surface area contributed by atoms with Crippen molar-refractivity contribution in [3.05, 3.63) is 29.8 Å². The first-order valence-corrected chi connectivity index (χ1v) is 5.15. The predicted octanol–water partition coefficient (Wildman–Crippen LogP) is 4.88. The van der Waals surface area contributed by atoms with Gasteiger partial charge in [-0.1, -0.05) is 6.07 Å². The van der Waals surface area contributed by atoms with E-state index in [9.17, 15) is 35.1 Å². The molecule has 0 bridgehead atoms. The molecule has 1 aromatic rings. The lowest BCUT2D eigenvalue weighted by atomic mass is 10.1. The average Bonchev–Trinajstić information content (AvgIpc) is 2.25. The van der Waals surface area contributed by atoms with Crippen LogP contribution in [0.15, 0.2) is 24.3 Å². The van der Waals surface area contributed by atoms with Crippen molar-refractivity contribution in [2.24, 2.45) is 5.92 Å². The fourth-order valence-corrected chi connectivity index (χ4v) is 1.17. The van der Waals surface area contributed by atoms with Crippen molar-refractivity contribution in [3.63, 3.8) is 0 Å². The first-order valence-electron chi connectivity index (χ1n) is 5.15. The standard InChI is InChI=1S/C11H8F8O/c1-6(9(12,13)14)11(18,19)20-8-4-2-3-7(5-8)10(15,16)17/h2-6H,1H3. The molecule has 0 saturated carbocycles. The number of ether oxygens (including phenoxy) is 1. The predicted molar refractivity (Wildman–Crippen MR) is 52.2 cm³/mol. The summed E-state index contributed by atoms with van der Waals surface area (Å²) in [5.74, 6) is -4.16. The normalized spacial score (nSPS) is 15.1. The quantitative estimate of drug-likeness (QED) is 0.723. The SMILES string of the molecule is CC(C(F)(F)F)C(F)(F)Oc1cccc(C(F)(F)F)c1. The third kappa shape index (κ3) is 3.97. The molecule has 114 valence electrons. The van der Waals surface area contributed by atoms with Crippen LogP contribution in [-0.2, 0) is 6.18 Å². The summed E-state index contributed by atoms with van der Waals surface area (Å²) in [5, 5.41) is 0. The first-order chi connectivity index (χ1) is 8.84. The summed E-state index contributed by atoms with van der Waals surface area (Å²) in [6.45, 7) is 0.174. The van der Waals surface area contributed by atoms with Gasteiger partial charge in [0.15, 0.2) is 5.92 Å². The third-order valence-electron chi connectivity index (χ3n) is 2.41. The maximum atomic E-state index is 13.2. The fourth-order valence-electron chi connectivity index (χ4n) is 1.17. The fraction of sp³-hybridized carbons (Fsp3) is 0.455. The van der Waals surface area contributed by atoms with Gasteiger partial charge in [0.2, 0.25) is 0 Å². The zero-order valence-electron chi connectivity index (χ0n) is 9.82. The van der Waals surface area contributed by atoms with Gasteiger partial charge in [-0.15, -0.1) is 0 Å². The van der Waals surface area contributed by atoms with E-state index >= 15 is 0 Å². The minimum Gasteiger partial charge on any atom is -0.432 e. The zero-order chi connectivity index (χ0) is 15.8. The Hall–Kier alpha value is -1.54. The Morgan fingerprint density at radius 2 is 1.50 bits per heavy atom. The van der Waals surface area contributed by atoms with Gasteiger partial charge in [-0.2, -0.15) is 35.1 Å². The molecule has 20 heavy (non-hydrogen) atoms. The van der Waals surface area contributed by atoms with Gasteiger partial charge in [-0.3, -0.25) is 0 Å². The topological polar surface area (TPSA) is 9.23 Å². The van der Waals surface area contributed by atoms with Gasteiger partial charge in [-0.25, -0.2) is 0 Å². The summed E-state index contributed by atoms with van der Waals surface area (Å²) in [5.41, 5.74) is -1.30. The van der Waals surface area contributed by atoms with Crippen LogP contribution in [0.3, 0.4) is 0 Å². The Morgan fingerprint density at radius 3 is 1.95 bits per heavy atom. The molecule has 0 aromatic heterocycles. The van der Waals surface area contributed by atoms with E-state index in [1.165, 1.54) is 0 Å².